The van der Waals surface area contributed by atoms with Crippen molar-refractivity contribution in [3.8, 4) is 5.75 Å². The van der Waals surface area contributed by atoms with Gasteiger partial charge < -0.3 is 4.74 Å². The highest BCUT2D eigenvalue weighted by Crippen LogP contribution is 2.49. The molecule has 0 radical (unpaired) electrons. The van der Waals surface area contributed by atoms with Crippen molar-refractivity contribution in [3.63, 3.8) is 0 Å². The Hall–Kier alpha value is -1.62. The molecule has 98 valence electrons. The van der Waals surface area contributed by atoms with E-state index in [2.05, 4.69) is 5.43 Å². The Bertz CT molecular complexity index is 470. The number of benzene rings is 1. The number of hydrazine groups is 1. The van der Waals surface area contributed by atoms with E-state index >= 15 is 0 Å². The lowest BCUT2D eigenvalue weighted by Gasteiger charge is -2.19. The monoisotopic (exact) mass is 252 g/mol. The van der Waals surface area contributed by atoms with Gasteiger partial charge in [0.2, 0.25) is 5.91 Å². The van der Waals surface area contributed by atoms with Crippen LogP contribution in [0.3, 0.4) is 0 Å². The van der Waals surface area contributed by atoms with Crippen molar-refractivity contribution < 1.29 is 13.9 Å². The van der Waals surface area contributed by atoms with Gasteiger partial charge in [-0.1, -0.05) is 6.07 Å². The lowest BCUT2D eigenvalue weighted by atomic mass is 9.95. The molecule has 1 amide bonds. The van der Waals surface area contributed by atoms with Crippen LogP contribution < -0.4 is 10.2 Å². The van der Waals surface area contributed by atoms with Gasteiger partial charge in [0.05, 0.1) is 12.5 Å². The van der Waals surface area contributed by atoms with E-state index in [0.29, 0.717) is 5.56 Å². The van der Waals surface area contributed by atoms with Crippen LogP contribution in [-0.2, 0) is 10.2 Å². The van der Waals surface area contributed by atoms with Crippen LogP contribution in [0.25, 0.3) is 0 Å². The van der Waals surface area contributed by atoms with Crippen LogP contribution in [0.1, 0.15) is 18.4 Å². The maximum Gasteiger partial charge on any atom is 0.244 e. The third kappa shape index (κ3) is 2.18. The van der Waals surface area contributed by atoms with E-state index in [0.717, 1.165) is 12.8 Å². The van der Waals surface area contributed by atoms with Gasteiger partial charge in [0.25, 0.3) is 0 Å². The Morgan fingerprint density at radius 2 is 2.11 bits per heavy atom. The molecule has 0 heterocycles. The standard InChI is InChI=1S/C13H17FN2O2/c1-16(2)15-12(17)13(6-7-13)9-4-5-11(18-3)10(14)8-9/h4-5,8H,6-7H2,1-3H3,(H,15,17). The van der Waals surface area contributed by atoms with Crippen molar-refractivity contribution in [2.75, 3.05) is 21.2 Å². The summed E-state index contributed by atoms with van der Waals surface area (Å²) in [5.41, 5.74) is 2.87. The highest BCUT2D eigenvalue weighted by atomic mass is 19.1. The summed E-state index contributed by atoms with van der Waals surface area (Å²) in [6, 6.07) is 4.71. The molecular weight excluding hydrogens is 235 g/mol. The van der Waals surface area contributed by atoms with Gasteiger partial charge in [-0.2, -0.15) is 0 Å². The number of nitrogens with one attached hydrogen (secondary N) is 1. The SMILES string of the molecule is COc1ccc(C2(C(=O)NN(C)C)CC2)cc1F. The zero-order valence-corrected chi connectivity index (χ0v) is 10.8. The fraction of sp³-hybridized carbons (Fsp3) is 0.462. The molecule has 0 aliphatic heterocycles. The third-order valence-electron chi connectivity index (χ3n) is 3.21. The van der Waals surface area contributed by atoms with E-state index in [1.54, 1.807) is 31.2 Å². The number of methoxy groups -OCH3 is 1. The quantitative estimate of drug-likeness (QED) is 0.825. The van der Waals surface area contributed by atoms with Crippen LogP contribution in [0.2, 0.25) is 0 Å². The molecule has 1 aliphatic rings. The predicted molar refractivity (Wildman–Crippen MR) is 65.7 cm³/mol. The van der Waals surface area contributed by atoms with Crippen molar-refractivity contribution in [1.82, 2.24) is 10.4 Å². The predicted octanol–water partition coefficient (Wildman–Crippen LogP) is 1.46. The minimum Gasteiger partial charge on any atom is -0.494 e. The van der Waals surface area contributed by atoms with Crippen LogP contribution in [0.5, 0.6) is 5.75 Å². The van der Waals surface area contributed by atoms with E-state index in [9.17, 15) is 9.18 Å². The van der Waals surface area contributed by atoms with Crippen molar-refractivity contribution in [2.45, 2.75) is 18.3 Å². The lowest BCUT2D eigenvalue weighted by Crippen LogP contribution is -2.42. The van der Waals surface area contributed by atoms with E-state index in [-0.39, 0.29) is 11.7 Å². The summed E-state index contributed by atoms with van der Waals surface area (Å²) in [4.78, 5) is 12.1. The molecule has 1 aromatic carbocycles. The third-order valence-corrected chi connectivity index (χ3v) is 3.21. The molecule has 0 saturated heterocycles. The first-order valence-corrected chi connectivity index (χ1v) is 5.82. The van der Waals surface area contributed by atoms with Crippen molar-refractivity contribution in [1.29, 1.82) is 0 Å². The van der Waals surface area contributed by atoms with E-state index < -0.39 is 11.2 Å². The first kappa shape index (κ1) is 12.8. The number of hydrogen-bond acceptors (Lipinski definition) is 3. The number of amides is 1. The summed E-state index contributed by atoms with van der Waals surface area (Å²) in [7, 11) is 4.93. The molecule has 0 unspecified atom stereocenters. The second kappa shape index (κ2) is 4.57. The molecule has 1 fully saturated rings. The number of rotatable bonds is 4. The second-order valence-electron chi connectivity index (χ2n) is 4.77. The summed E-state index contributed by atoms with van der Waals surface area (Å²) in [5, 5.41) is 1.60. The van der Waals surface area contributed by atoms with Crippen LogP contribution in [0.15, 0.2) is 18.2 Å². The lowest BCUT2D eigenvalue weighted by molar-refractivity contribution is -0.127. The van der Waals surface area contributed by atoms with Crippen molar-refractivity contribution in [3.05, 3.63) is 29.6 Å². The first-order chi connectivity index (χ1) is 8.49. The fourth-order valence-corrected chi connectivity index (χ4v) is 2.05. The molecule has 2 rings (SSSR count). The minimum atomic E-state index is -0.572. The Labute approximate surface area is 106 Å². The molecule has 5 heteroatoms. The van der Waals surface area contributed by atoms with Gasteiger partial charge in [-0.3, -0.25) is 10.2 Å². The van der Waals surface area contributed by atoms with Crippen LogP contribution in [0.4, 0.5) is 4.39 Å². The highest BCUT2D eigenvalue weighted by molar-refractivity contribution is 5.90. The maximum atomic E-state index is 13.7. The molecule has 1 N–H and O–H groups in total. The fourth-order valence-electron chi connectivity index (χ4n) is 2.05. The average molecular weight is 252 g/mol. The Morgan fingerprint density at radius 1 is 1.44 bits per heavy atom. The summed E-state index contributed by atoms with van der Waals surface area (Å²) in [6.45, 7) is 0. The summed E-state index contributed by atoms with van der Waals surface area (Å²) in [5.74, 6) is -0.321. The number of ether oxygens (including phenoxy) is 1. The molecular formula is C13H17FN2O2. The second-order valence-corrected chi connectivity index (χ2v) is 4.77. The van der Waals surface area contributed by atoms with Crippen LogP contribution >= 0.6 is 0 Å². The molecule has 0 spiro atoms. The topological polar surface area (TPSA) is 41.6 Å². The number of hydrogen-bond donors (Lipinski definition) is 1. The average Bonchev–Trinajstić information content (AvgIpc) is 3.09. The molecule has 1 aliphatic carbocycles. The van der Waals surface area contributed by atoms with Crippen LogP contribution in [-0.4, -0.2) is 32.1 Å². The zero-order valence-electron chi connectivity index (χ0n) is 10.8. The van der Waals surface area contributed by atoms with Gasteiger partial charge in [-0.15, -0.1) is 0 Å². The van der Waals surface area contributed by atoms with E-state index in [4.69, 9.17) is 4.74 Å². The van der Waals surface area contributed by atoms with Gasteiger partial charge >= 0.3 is 0 Å². The van der Waals surface area contributed by atoms with E-state index in [1.165, 1.54) is 13.2 Å². The van der Waals surface area contributed by atoms with Gasteiger partial charge in [-0.25, -0.2) is 9.40 Å². The molecule has 1 saturated carbocycles. The van der Waals surface area contributed by atoms with Crippen LogP contribution in [0, 0.1) is 5.82 Å². The van der Waals surface area contributed by atoms with Crippen molar-refractivity contribution in [2.24, 2.45) is 0 Å². The van der Waals surface area contributed by atoms with Gasteiger partial charge in [0.1, 0.15) is 0 Å². The molecule has 0 atom stereocenters. The number of carbonyl (C=O) groups is 1. The summed E-state index contributed by atoms with van der Waals surface area (Å²) in [6.07, 6.45) is 1.50. The molecule has 0 bridgehead atoms. The minimum absolute atomic E-state index is 0.0860. The largest absolute Gasteiger partial charge is 0.494 e. The van der Waals surface area contributed by atoms with E-state index in [1.807, 2.05) is 0 Å². The van der Waals surface area contributed by atoms with Crippen molar-refractivity contribution >= 4 is 5.91 Å². The van der Waals surface area contributed by atoms with Gasteiger partial charge in [0.15, 0.2) is 11.6 Å². The first-order valence-electron chi connectivity index (χ1n) is 5.82. The number of nitrogens with zero attached hydrogens (tertiary/aromatic N) is 1. The molecule has 0 aromatic heterocycles. The maximum absolute atomic E-state index is 13.7. The van der Waals surface area contributed by atoms with Gasteiger partial charge in [0, 0.05) is 14.1 Å². The Balaban J connectivity index is 2.25. The number of halogens is 1. The van der Waals surface area contributed by atoms with Gasteiger partial charge in [-0.05, 0) is 30.5 Å². The highest BCUT2D eigenvalue weighted by Gasteiger charge is 2.51. The normalized spacial score (nSPS) is 16.5. The summed E-state index contributed by atoms with van der Waals surface area (Å²) >= 11 is 0. The Morgan fingerprint density at radius 3 is 2.56 bits per heavy atom. The molecule has 4 nitrogen and oxygen atoms in total. The molecule has 1 aromatic rings. The zero-order chi connectivity index (χ0) is 13.3. The summed E-state index contributed by atoms with van der Waals surface area (Å²) < 4.78 is 18.5. The number of carbonyl (C=O) groups excluding carboxylic acids is 1. The Kier molecular flexibility index (Phi) is 3.26. The molecule has 18 heavy (non-hydrogen) atoms. The smallest absolute Gasteiger partial charge is 0.244 e.